The van der Waals surface area contributed by atoms with E-state index in [0.29, 0.717) is 34.1 Å². The molecule has 2 aromatic carbocycles. The quantitative estimate of drug-likeness (QED) is 0.867. The summed E-state index contributed by atoms with van der Waals surface area (Å²) in [4.78, 5) is 16.5. The van der Waals surface area contributed by atoms with Gasteiger partial charge in [0, 0.05) is 17.8 Å². The van der Waals surface area contributed by atoms with Gasteiger partial charge >= 0.3 is 0 Å². The minimum absolute atomic E-state index is 0.158. The van der Waals surface area contributed by atoms with Gasteiger partial charge in [0.2, 0.25) is 17.0 Å². The van der Waals surface area contributed by atoms with Crippen molar-refractivity contribution in [2.45, 2.75) is 0 Å². The molecule has 0 saturated heterocycles. The molecule has 26 heavy (non-hydrogen) atoms. The number of anilines is 1. The number of hydrazone groups is 1. The summed E-state index contributed by atoms with van der Waals surface area (Å²) >= 11 is 7.16. The average Bonchev–Trinajstić information content (AvgIpc) is 2.60. The predicted octanol–water partition coefficient (Wildman–Crippen LogP) is 3.71. The second-order valence-corrected chi connectivity index (χ2v) is 6.85. The Balaban J connectivity index is 1.57. The molecule has 2 aromatic rings. The van der Waals surface area contributed by atoms with Gasteiger partial charge in [-0.2, -0.15) is 4.99 Å². The maximum atomic E-state index is 12.1. The molecule has 1 N–H and O–H groups in total. The van der Waals surface area contributed by atoms with Crippen LogP contribution >= 0.6 is 23.4 Å². The molecule has 1 aliphatic heterocycles. The van der Waals surface area contributed by atoms with Crippen molar-refractivity contribution in [3.8, 4) is 5.75 Å². The Morgan fingerprint density at radius 3 is 2.85 bits per heavy atom. The zero-order chi connectivity index (χ0) is 18.4. The fraction of sp³-hybridized carbons (Fsp3) is 0.167. The summed E-state index contributed by atoms with van der Waals surface area (Å²) in [5, 5.41) is 9.88. The Labute approximate surface area is 160 Å². The third kappa shape index (κ3) is 5.50. The Morgan fingerprint density at radius 1 is 1.27 bits per heavy atom. The van der Waals surface area contributed by atoms with Gasteiger partial charge in [-0.15, -0.1) is 5.10 Å². The number of benzene rings is 2. The molecule has 0 atom stereocenters. The number of aliphatic imine (C=N–C) groups is 1. The Morgan fingerprint density at radius 2 is 2.08 bits per heavy atom. The van der Waals surface area contributed by atoms with Crippen LogP contribution in [0.4, 0.5) is 5.69 Å². The highest BCUT2D eigenvalue weighted by molar-refractivity contribution is 8.14. The summed E-state index contributed by atoms with van der Waals surface area (Å²) in [6.07, 6.45) is 0. The first-order valence-corrected chi connectivity index (χ1v) is 9.23. The zero-order valence-electron chi connectivity index (χ0n) is 14.1. The van der Waals surface area contributed by atoms with Gasteiger partial charge < -0.3 is 10.1 Å². The lowest BCUT2D eigenvalue weighted by Crippen LogP contribution is -2.31. The molecule has 0 radical (unpaired) electrons. The van der Waals surface area contributed by atoms with Gasteiger partial charge in [0.25, 0.3) is 0 Å². The second kappa shape index (κ2) is 8.73. The molecule has 134 valence electrons. The highest BCUT2D eigenvalue weighted by Gasteiger charge is 2.16. The summed E-state index contributed by atoms with van der Waals surface area (Å²) in [7, 11) is 1.83. The van der Waals surface area contributed by atoms with Crippen LogP contribution < -0.4 is 10.1 Å². The fourth-order valence-electron chi connectivity index (χ4n) is 2.18. The number of carbonyl (C=O) groups excluding carboxylic acids is 1. The normalized spacial score (nSPS) is 13.7. The van der Waals surface area contributed by atoms with Gasteiger partial charge in [-0.1, -0.05) is 47.6 Å². The van der Waals surface area contributed by atoms with E-state index in [1.165, 1.54) is 11.8 Å². The monoisotopic (exact) mass is 388 g/mol. The third-order valence-corrected chi connectivity index (χ3v) is 4.33. The lowest BCUT2D eigenvalue weighted by atomic mass is 10.3. The molecule has 0 aromatic heterocycles. The average molecular weight is 389 g/mol. The number of para-hydroxylation sites is 1. The second-order valence-electron chi connectivity index (χ2n) is 5.47. The van der Waals surface area contributed by atoms with Crippen LogP contribution in [0.15, 0.2) is 64.7 Å². The van der Waals surface area contributed by atoms with Gasteiger partial charge in [0.05, 0.1) is 5.75 Å². The van der Waals surface area contributed by atoms with Crippen molar-refractivity contribution in [2.24, 2.45) is 10.1 Å². The van der Waals surface area contributed by atoms with E-state index in [4.69, 9.17) is 16.3 Å². The standard InChI is InChI=1S/C18H17ClN4O2S/c1-23-11-17(25-15-8-3-2-4-9-15)21-18(22-23)26-12-16(24)20-14-7-5-6-13(19)10-14/h2-10H,11-12H2,1H3,(H,20,24). The van der Waals surface area contributed by atoms with Crippen LogP contribution in [0.2, 0.25) is 5.02 Å². The van der Waals surface area contributed by atoms with E-state index in [9.17, 15) is 4.79 Å². The Bertz CT molecular complexity index is 842. The Hall–Kier alpha value is -2.51. The smallest absolute Gasteiger partial charge is 0.234 e. The van der Waals surface area contributed by atoms with Crippen LogP contribution in [-0.4, -0.2) is 41.3 Å². The lowest BCUT2D eigenvalue weighted by Gasteiger charge is -2.20. The predicted molar refractivity (Wildman–Crippen MR) is 107 cm³/mol. The summed E-state index contributed by atoms with van der Waals surface area (Å²) in [6.45, 7) is 0.466. The minimum atomic E-state index is -0.158. The molecule has 1 heterocycles. The number of thioether (sulfide) groups is 1. The first-order valence-electron chi connectivity index (χ1n) is 7.87. The van der Waals surface area contributed by atoms with Crippen molar-refractivity contribution in [3.63, 3.8) is 0 Å². The molecular weight excluding hydrogens is 372 g/mol. The number of nitrogens with zero attached hydrogens (tertiary/aromatic N) is 3. The van der Waals surface area contributed by atoms with Crippen LogP contribution in [-0.2, 0) is 4.79 Å². The number of carbonyl (C=O) groups is 1. The van der Waals surface area contributed by atoms with Gasteiger partial charge in [-0.3, -0.25) is 9.80 Å². The first-order chi connectivity index (χ1) is 12.6. The van der Waals surface area contributed by atoms with Gasteiger partial charge in [-0.05, 0) is 30.3 Å². The van der Waals surface area contributed by atoms with E-state index in [-0.39, 0.29) is 11.7 Å². The van der Waals surface area contributed by atoms with Crippen LogP contribution in [0.3, 0.4) is 0 Å². The van der Waals surface area contributed by atoms with Gasteiger partial charge in [0.15, 0.2) is 0 Å². The van der Waals surface area contributed by atoms with E-state index >= 15 is 0 Å². The van der Waals surface area contributed by atoms with Crippen molar-refractivity contribution in [1.29, 1.82) is 0 Å². The molecule has 1 amide bonds. The summed E-state index contributed by atoms with van der Waals surface area (Å²) in [5.41, 5.74) is 0.655. The molecule has 3 rings (SSSR count). The molecule has 8 heteroatoms. The van der Waals surface area contributed by atoms with E-state index in [2.05, 4.69) is 15.4 Å². The van der Waals surface area contributed by atoms with Crippen molar-refractivity contribution in [1.82, 2.24) is 5.01 Å². The number of hydrogen-bond acceptors (Lipinski definition) is 6. The van der Waals surface area contributed by atoms with Crippen molar-refractivity contribution in [3.05, 3.63) is 59.6 Å². The van der Waals surface area contributed by atoms with Crippen molar-refractivity contribution in [2.75, 3.05) is 24.7 Å². The molecular formula is C18H17ClN4O2S. The molecule has 0 spiro atoms. The van der Waals surface area contributed by atoms with E-state index in [0.717, 1.165) is 0 Å². The van der Waals surface area contributed by atoms with Crippen molar-refractivity contribution < 1.29 is 9.53 Å². The number of amidine groups is 1. The van der Waals surface area contributed by atoms with E-state index in [1.54, 1.807) is 29.3 Å². The number of hydrogen-bond donors (Lipinski definition) is 1. The molecule has 0 saturated carbocycles. The third-order valence-electron chi connectivity index (χ3n) is 3.26. The maximum Gasteiger partial charge on any atom is 0.234 e. The molecule has 1 aliphatic rings. The van der Waals surface area contributed by atoms with E-state index < -0.39 is 0 Å². The van der Waals surface area contributed by atoms with Crippen LogP contribution in [0.25, 0.3) is 0 Å². The number of ether oxygens (including phenoxy) is 1. The molecule has 0 fully saturated rings. The minimum Gasteiger partial charge on any atom is -0.441 e. The SMILES string of the molecule is CN1CC(Oc2ccccc2)=NC(SCC(=O)Nc2cccc(Cl)c2)=N1. The highest BCUT2D eigenvalue weighted by Crippen LogP contribution is 2.17. The topological polar surface area (TPSA) is 66.3 Å². The van der Waals surface area contributed by atoms with Gasteiger partial charge in [0.1, 0.15) is 12.3 Å². The maximum absolute atomic E-state index is 12.1. The number of likely N-dealkylation sites (N-methyl/N-ethyl adjacent to an activating group) is 1. The van der Waals surface area contributed by atoms with Crippen molar-refractivity contribution >= 4 is 46.0 Å². The summed E-state index contributed by atoms with van der Waals surface area (Å²) < 4.78 is 5.77. The van der Waals surface area contributed by atoms with Crippen LogP contribution in [0, 0.1) is 0 Å². The summed E-state index contributed by atoms with van der Waals surface area (Å²) in [5.74, 6) is 1.27. The number of nitrogens with one attached hydrogen (secondary N) is 1. The van der Waals surface area contributed by atoms with E-state index in [1.807, 2.05) is 37.4 Å². The van der Waals surface area contributed by atoms with Gasteiger partial charge in [-0.25, -0.2) is 0 Å². The molecule has 6 nitrogen and oxygen atoms in total. The van der Waals surface area contributed by atoms with Crippen LogP contribution in [0.5, 0.6) is 5.75 Å². The Kier molecular flexibility index (Phi) is 6.14. The molecule has 0 unspecified atom stereocenters. The number of halogens is 1. The van der Waals surface area contributed by atoms with Crippen LogP contribution in [0.1, 0.15) is 0 Å². The number of amides is 1. The lowest BCUT2D eigenvalue weighted by molar-refractivity contribution is -0.113. The number of rotatable bonds is 4. The zero-order valence-corrected chi connectivity index (χ0v) is 15.6. The molecule has 0 bridgehead atoms. The summed E-state index contributed by atoms with van der Waals surface area (Å²) in [6, 6.07) is 16.4. The highest BCUT2D eigenvalue weighted by atomic mass is 35.5. The fourth-order valence-corrected chi connectivity index (χ4v) is 3.06. The molecule has 0 aliphatic carbocycles. The largest absolute Gasteiger partial charge is 0.441 e. The first kappa shape index (κ1) is 18.3.